The summed E-state index contributed by atoms with van der Waals surface area (Å²) in [6, 6.07) is 8.22. The van der Waals surface area contributed by atoms with Crippen LogP contribution in [0.3, 0.4) is 0 Å². The minimum Gasteiger partial charge on any atom is -0.398 e. The Kier molecular flexibility index (Phi) is 2.73. The summed E-state index contributed by atoms with van der Waals surface area (Å²) in [6.45, 7) is 4.57. The van der Waals surface area contributed by atoms with E-state index in [1.807, 2.05) is 12.1 Å². The average molecular weight is 190 g/mol. The molecule has 1 aliphatic heterocycles. The highest BCUT2D eigenvalue weighted by Gasteiger charge is 2.23. The van der Waals surface area contributed by atoms with E-state index < -0.39 is 0 Å². The fourth-order valence-electron chi connectivity index (χ4n) is 2.28. The maximum Gasteiger partial charge on any atom is 0.0349 e. The first-order valence-corrected chi connectivity index (χ1v) is 5.34. The molecule has 2 unspecified atom stereocenters. The Balaban J connectivity index is 2.17. The summed E-state index contributed by atoms with van der Waals surface area (Å²) in [4.78, 5) is 0. The van der Waals surface area contributed by atoms with Crippen molar-refractivity contribution in [2.75, 3.05) is 18.8 Å². The topological polar surface area (TPSA) is 38.0 Å². The number of benzene rings is 1. The lowest BCUT2D eigenvalue weighted by molar-refractivity contribution is 0.488. The molecule has 2 heteroatoms. The number of rotatable bonds is 2. The van der Waals surface area contributed by atoms with Crippen LogP contribution in [-0.2, 0) is 0 Å². The number of nitrogens with one attached hydrogen (secondary N) is 1. The van der Waals surface area contributed by atoms with Crippen LogP contribution in [-0.4, -0.2) is 13.1 Å². The second-order valence-electron chi connectivity index (χ2n) is 4.17. The SMILES string of the molecule is CC(c1ccccc1N)C1CCNC1. The van der Waals surface area contributed by atoms with Crippen LogP contribution < -0.4 is 11.1 Å². The first-order chi connectivity index (χ1) is 6.79. The van der Waals surface area contributed by atoms with Crippen molar-refractivity contribution in [3.8, 4) is 0 Å². The van der Waals surface area contributed by atoms with E-state index in [1.54, 1.807) is 0 Å². The van der Waals surface area contributed by atoms with Crippen LogP contribution in [0.2, 0.25) is 0 Å². The van der Waals surface area contributed by atoms with E-state index in [2.05, 4.69) is 24.4 Å². The Labute approximate surface area is 85.5 Å². The smallest absolute Gasteiger partial charge is 0.0349 e. The third-order valence-electron chi connectivity index (χ3n) is 3.29. The van der Waals surface area contributed by atoms with Gasteiger partial charge in [-0.3, -0.25) is 0 Å². The molecule has 1 aliphatic rings. The van der Waals surface area contributed by atoms with Crippen molar-refractivity contribution in [2.24, 2.45) is 5.92 Å². The summed E-state index contributed by atoms with van der Waals surface area (Å²) >= 11 is 0. The summed E-state index contributed by atoms with van der Waals surface area (Å²) < 4.78 is 0. The molecule has 0 amide bonds. The molecule has 0 aliphatic carbocycles. The number of nitrogens with two attached hydrogens (primary N) is 1. The van der Waals surface area contributed by atoms with Gasteiger partial charge in [0.2, 0.25) is 0 Å². The predicted molar refractivity (Wildman–Crippen MR) is 60.2 cm³/mol. The molecule has 1 heterocycles. The van der Waals surface area contributed by atoms with Crippen molar-refractivity contribution >= 4 is 5.69 Å². The normalized spacial score (nSPS) is 23.6. The van der Waals surface area contributed by atoms with Crippen molar-refractivity contribution in [2.45, 2.75) is 19.3 Å². The molecular formula is C12H18N2. The van der Waals surface area contributed by atoms with Crippen LogP contribution in [0.5, 0.6) is 0 Å². The van der Waals surface area contributed by atoms with E-state index in [9.17, 15) is 0 Å². The van der Waals surface area contributed by atoms with Crippen molar-refractivity contribution in [3.63, 3.8) is 0 Å². The molecule has 14 heavy (non-hydrogen) atoms. The molecule has 0 bridgehead atoms. The van der Waals surface area contributed by atoms with Crippen LogP contribution in [0.1, 0.15) is 24.8 Å². The van der Waals surface area contributed by atoms with Crippen LogP contribution in [0.4, 0.5) is 5.69 Å². The average Bonchev–Trinajstić information content (AvgIpc) is 2.70. The second kappa shape index (κ2) is 4.01. The van der Waals surface area contributed by atoms with Gasteiger partial charge in [-0.25, -0.2) is 0 Å². The molecule has 0 radical (unpaired) electrons. The first kappa shape index (κ1) is 9.53. The molecule has 3 N–H and O–H groups in total. The van der Waals surface area contributed by atoms with Crippen molar-refractivity contribution in [1.29, 1.82) is 0 Å². The highest BCUT2D eigenvalue weighted by molar-refractivity contribution is 5.48. The Morgan fingerprint density at radius 1 is 1.43 bits per heavy atom. The largest absolute Gasteiger partial charge is 0.398 e. The molecule has 1 fully saturated rings. The van der Waals surface area contributed by atoms with Gasteiger partial charge in [-0.05, 0) is 43.0 Å². The number of anilines is 1. The molecular weight excluding hydrogens is 172 g/mol. The molecule has 0 saturated carbocycles. The quantitative estimate of drug-likeness (QED) is 0.700. The van der Waals surface area contributed by atoms with Crippen molar-refractivity contribution < 1.29 is 0 Å². The molecule has 1 aromatic carbocycles. The Bertz CT molecular complexity index is 303. The maximum atomic E-state index is 5.97. The van der Waals surface area contributed by atoms with Gasteiger partial charge < -0.3 is 11.1 Å². The van der Waals surface area contributed by atoms with Gasteiger partial charge in [0.05, 0.1) is 0 Å². The monoisotopic (exact) mass is 190 g/mol. The highest BCUT2D eigenvalue weighted by atomic mass is 14.9. The van der Waals surface area contributed by atoms with Crippen LogP contribution >= 0.6 is 0 Å². The maximum absolute atomic E-state index is 5.97. The number of para-hydroxylation sites is 1. The minimum absolute atomic E-state index is 0.575. The minimum atomic E-state index is 0.575. The zero-order chi connectivity index (χ0) is 9.97. The molecule has 1 saturated heterocycles. The molecule has 1 aromatic rings. The summed E-state index contributed by atoms with van der Waals surface area (Å²) in [5.74, 6) is 1.32. The first-order valence-electron chi connectivity index (χ1n) is 5.34. The van der Waals surface area contributed by atoms with Gasteiger partial charge in [0.1, 0.15) is 0 Å². The van der Waals surface area contributed by atoms with Crippen molar-refractivity contribution in [1.82, 2.24) is 5.32 Å². The van der Waals surface area contributed by atoms with Gasteiger partial charge in [0.15, 0.2) is 0 Å². The van der Waals surface area contributed by atoms with E-state index >= 15 is 0 Å². The van der Waals surface area contributed by atoms with Gasteiger partial charge >= 0.3 is 0 Å². The molecule has 0 aromatic heterocycles. The van der Waals surface area contributed by atoms with Crippen LogP contribution in [0, 0.1) is 5.92 Å². The Morgan fingerprint density at radius 2 is 2.21 bits per heavy atom. The lowest BCUT2D eigenvalue weighted by Gasteiger charge is -2.20. The molecule has 76 valence electrons. The predicted octanol–water partition coefficient (Wildman–Crippen LogP) is 1.98. The number of hydrogen-bond acceptors (Lipinski definition) is 2. The van der Waals surface area contributed by atoms with Crippen LogP contribution in [0.15, 0.2) is 24.3 Å². The lowest BCUT2D eigenvalue weighted by Crippen LogP contribution is -2.15. The van der Waals surface area contributed by atoms with E-state index in [0.29, 0.717) is 5.92 Å². The summed E-state index contributed by atoms with van der Waals surface area (Å²) in [6.07, 6.45) is 1.27. The third kappa shape index (κ3) is 1.75. The van der Waals surface area contributed by atoms with Gasteiger partial charge in [-0.1, -0.05) is 25.1 Å². The van der Waals surface area contributed by atoms with Crippen molar-refractivity contribution in [3.05, 3.63) is 29.8 Å². The zero-order valence-electron chi connectivity index (χ0n) is 8.66. The van der Waals surface area contributed by atoms with Gasteiger partial charge in [-0.15, -0.1) is 0 Å². The van der Waals surface area contributed by atoms with Gasteiger partial charge in [0.25, 0.3) is 0 Å². The molecule has 0 spiro atoms. The summed E-state index contributed by atoms with van der Waals surface area (Å²) in [5.41, 5.74) is 8.21. The van der Waals surface area contributed by atoms with Crippen LogP contribution in [0.25, 0.3) is 0 Å². The molecule has 2 rings (SSSR count). The van der Waals surface area contributed by atoms with E-state index in [1.165, 1.54) is 12.0 Å². The van der Waals surface area contributed by atoms with Gasteiger partial charge in [0, 0.05) is 5.69 Å². The van der Waals surface area contributed by atoms with Gasteiger partial charge in [-0.2, -0.15) is 0 Å². The standard InChI is InChI=1S/C12H18N2/c1-9(10-6-7-14-8-10)11-4-2-3-5-12(11)13/h2-5,9-10,14H,6-8,13H2,1H3. The molecule has 2 nitrogen and oxygen atoms in total. The summed E-state index contributed by atoms with van der Waals surface area (Å²) in [5, 5.41) is 3.40. The Hall–Kier alpha value is -1.02. The fraction of sp³-hybridized carbons (Fsp3) is 0.500. The summed E-state index contributed by atoms with van der Waals surface area (Å²) in [7, 11) is 0. The fourth-order valence-corrected chi connectivity index (χ4v) is 2.28. The zero-order valence-corrected chi connectivity index (χ0v) is 8.66. The number of nitrogen functional groups attached to an aromatic ring is 1. The third-order valence-corrected chi connectivity index (χ3v) is 3.29. The second-order valence-corrected chi connectivity index (χ2v) is 4.17. The van der Waals surface area contributed by atoms with E-state index in [-0.39, 0.29) is 0 Å². The van der Waals surface area contributed by atoms with E-state index in [4.69, 9.17) is 5.73 Å². The number of hydrogen-bond donors (Lipinski definition) is 2. The molecule has 2 atom stereocenters. The highest BCUT2D eigenvalue weighted by Crippen LogP contribution is 2.31. The Morgan fingerprint density at radius 3 is 2.86 bits per heavy atom. The van der Waals surface area contributed by atoms with E-state index in [0.717, 1.165) is 24.7 Å². The lowest BCUT2D eigenvalue weighted by atomic mass is 9.86.